The molecule has 2 unspecified atom stereocenters. The second-order valence-corrected chi connectivity index (χ2v) is 4.71. The second kappa shape index (κ2) is 3.89. The highest BCUT2D eigenvalue weighted by Crippen LogP contribution is 2.12. The van der Waals surface area contributed by atoms with Crippen molar-refractivity contribution in [2.75, 3.05) is 19.6 Å². The summed E-state index contributed by atoms with van der Waals surface area (Å²) in [5, 5.41) is 18.2. The third kappa shape index (κ3) is 2.38. The van der Waals surface area contributed by atoms with Crippen molar-refractivity contribution in [1.82, 2.24) is 9.03 Å². The van der Waals surface area contributed by atoms with Crippen LogP contribution in [0.15, 0.2) is 0 Å². The quantitative estimate of drug-likeness (QED) is 0.497. The summed E-state index contributed by atoms with van der Waals surface area (Å²) >= 11 is 0. The molecule has 0 amide bonds. The second-order valence-electron chi connectivity index (χ2n) is 2.95. The van der Waals surface area contributed by atoms with E-state index in [1.807, 2.05) is 0 Å². The van der Waals surface area contributed by atoms with E-state index >= 15 is 0 Å². The van der Waals surface area contributed by atoms with Gasteiger partial charge in [-0.25, -0.2) is 4.72 Å². The van der Waals surface area contributed by atoms with Crippen LogP contribution in [0.2, 0.25) is 0 Å². The first-order valence-corrected chi connectivity index (χ1v) is 5.52. The molecule has 0 saturated carbocycles. The maximum atomic E-state index is 11.3. The zero-order valence-corrected chi connectivity index (χ0v) is 8.16. The van der Waals surface area contributed by atoms with Crippen LogP contribution in [0, 0.1) is 0 Å². The molecule has 0 aromatic carbocycles. The van der Waals surface area contributed by atoms with Crippen LogP contribution in [0.3, 0.4) is 0 Å². The summed E-state index contributed by atoms with van der Waals surface area (Å²) in [5.74, 6) is 0. The van der Waals surface area contributed by atoms with Gasteiger partial charge in [0.15, 0.2) is 0 Å². The monoisotopic (exact) mass is 210 g/mol. The molecular formula is C6H14N2O4S. The van der Waals surface area contributed by atoms with Gasteiger partial charge in [-0.3, -0.25) is 0 Å². The summed E-state index contributed by atoms with van der Waals surface area (Å²) in [7, 11) is -3.51. The third-order valence-corrected chi connectivity index (χ3v) is 3.52. The molecule has 3 N–H and O–H groups in total. The Kier molecular flexibility index (Phi) is 3.25. The number of hydrogen-bond acceptors (Lipinski definition) is 4. The molecule has 0 aromatic rings. The first-order valence-electron chi connectivity index (χ1n) is 4.08. The average Bonchev–Trinajstić information content (AvgIpc) is 2.33. The fourth-order valence-corrected chi connectivity index (χ4v) is 2.45. The Morgan fingerprint density at radius 1 is 1.38 bits per heavy atom. The predicted octanol–water partition coefficient (Wildman–Crippen LogP) is -2.12. The third-order valence-electron chi connectivity index (χ3n) is 1.89. The van der Waals surface area contributed by atoms with Crippen molar-refractivity contribution in [3.05, 3.63) is 0 Å². The number of β-amino-alcohol motifs (C(OH)–C–C–N with tert-alkyl or cyclic N) is 2. The highest BCUT2D eigenvalue weighted by atomic mass is 32.2. The van der Waals surface area contributed by atoms with Crippen molar-refractivity contribution in [3.8, 4) is 0 Å². The molecule has 0 aliphatic carbocycles. The van der Waals surface area contributed by atoms with Crippen molar-refractivity contribution in [2.24, 2.45) is 0 Å². The number of nitrogens with zero attached hydrogens (tertiary/aromatic N) is 1. The topological polar surface area (TPSA) is 89.9 Å². The summed E-state index contributed by atoms with van der Waals surface area (Å²) in [4.78, 5) is 0. The van der Waals surface area contributed by atoms with E-state index in [4.69, 9.17) is 10.2 Å². The van der Waals surface area contributed by atoms with Gasteiger partial charge in [0.05, 0.1) is 12.2 Å². The summed E-state index contributed by atoms with van der Waals surface area (Å²) < 4.78 is 25.9. The van der Waals surface area contributed by atoms with Gasteiger partial charge < -0.3 is 10.2 Å². The maximum absolute atomic E-state index is 11.3. The van der Waals surface area contributed by atoms with E-state index < -0.39 is 22.4 Å². The standard InChI is InChI=1S/C6H14N2O4S/c1-2-7-13(11,12)8-3-5(9)6(10)4-8/h5-7,9-10H,2-4H2,1H3. The van der Waals surface area contributed by atoms with E-state index in [2.05, 4.69) is 4.72 Å². The van der Waals surface area contributed by atoms with Gasteiger partial charge in [-0.15, -0.1) is 0 Å². The molecule has 1 aliphatic rings. The molecule has 7 heteroatoms. The molecule has 1 aliphatic heterocycles. The first-order chi connectivity index (χ1) is 5.97. The zero-order valence-electron chi connectivity index (χ0n) is 7.34. The fraction of sp³-hybridized carbons (Fsp3) is 1.00. The largest absolute Gasteiger partial charge is 0.389 e. The van der Waals surface area contributed by atoms with E-state index in [9.17, 15) is 8.42 Å². The molecule has 1 fully saturated rings. The molecule has 2 atom stereocenters. The minimum Gasteiger partial charge on any atom is -0.389 e. The lowest BCUT2D eigenvalue weighted by Gasteiger charge is -2.14. The van der Waals surface area contributed by atoms with Crippen LogP contribution in [-0.2, 0) is 10.2 Å². The first kappa shape index (κ1) is 10.9. The lowest BCUT2D eigenvalue weighted by molar-refractivity contribution is 0.0572. The number of hydrogen-bond donors (Lipinski definition) is 3. The molecule has 0 spiro atoms. The molecule has 0 radical (unpaired) electrons. The van der Waals surface area contributed by atoms with Crippen molar-refractivity contribution < 1.29 is 18.6 Å². The number of nitrogens with one attached hydrogen (secondary N) is 1. The molecule has 13 heavy (non-hydrogen) atoms. The summed E-state index contributed by atoms with van der Waals surface area (Å²) in [6.45, 7) is 1.87. The fourth-order valence-electron chi connectivity index (χ4n) is 1.21. The average molecular weight is 210 g/mol. The number of aliphatic hydroxyl groups is 2. The SMILES string of the molecule is CCNS(=O)(=O)N1CC(O)C(O)C1. The van der Waals surface area contributed by atoms with Gasteiger partial charge >= 0.3 is 0 Å². The summed E-state index contributed by atoms with van der Waals surface area (Å²) in [6, 6.07) is 0. The molecule has 0 bridgehead atoms. The lowest BCUT2D eigenvalue weighted by Crippen LogP contribution is -2.39. The van der Waals surface area contributed by atoms with E-state index in [-0.39, 0.29) is 13.1 Å². The highest BCUT2D eigenvalue weighted by Gasteiger charge is 2.36. The Morgan fingerprint density at radius 2 is 1.85 bits per heavy atom. The molecule has 1 heterocycles. The van der Waals surface area contributed by atoms with E-state index in [1.54, 1.807) is 6.92 Å². The summed E-state index contributed by atoms with van der Waals surface area (Å²) in [5.41, 5.74) is 0. The Balaban J connectivity index is 2.65. The van der Waals surface area contributed by atoms with Crippen LogP contribution in [0.4, 0.5) is 0 Å². The van der Waals surface area contributed by atoms with Gasteiger partial charge in [0.2, 0.25) is 0 Å². The molecule has 78 valence electrons. The van der Waals surface area contributed by atoms with Gasteiger partial charge in [-0.2, -0.15) is 12.7 Å². The van der Waals surface area contributed by atoms with Gasteiger partial charge in [0.25, 0.3) is 10.2 Å². The minimum absolute atomic E-state index is 0.0451. The Bertz CT molecular complexity index is 256. The molecule has 1 rings (SSSR count). The van der Waals surface area contributed by atoms with Crippen molar-refractivity contribution >= 4 is 10.2 Å². The van der Waals surface area contributed by atoms with Crippen LogP contribution in [-0.4, -0.2) is 54.8 Å². The lowest BCUT2D eigenvalue weighted by atomic mass is 10.3. The van der Waals surface area contributed by atoms with Crippen LogP contribution in [0.5, 0.6) is 0 Å². The molecule has 6 nitrogen and oxygen atoms in total. The van der Waals surface area contributed by atoms with Gasteiger partial charge in [-0.1, -0.05) is 6.92 Å². The predicted molar refractivity (Wildman–Crippen MR) is 46.2 cm³/mol. The van der Waals surface area contributed by atoms with E-state index in [1.165, 1.54) is 0 Å². The number of rotatable bonds is 3. The maximum Gasteiger partial charge on any atom is 0.279 e. The smallest absolute Gasteiger partial charge is 0.279 e. The van der Waals surface area contributed by atoms with Crippen LogP contribution in [0.1, 0.15) is 6.92 Å². The Morgan fingerprint density at radius 3 is 2.23 bits per heavy atom. The molecule has 0 aromatic heterocycles. The van der Waals surface area contributed by atoms with Crippen molar-refractivity contribution in [2.45, 2.75) is 19.1 Å². The van der Waals surface area contributed by atoms with Crippen molar-refractivity contribution in [1.29, 1.82) is 0 Å². The van der Waals surface area contributed by atoms with Crippen molar-refractivity contribution in [3.63, 3.8) is 0 Å². The number of aliphatic hydroxyl groups excluding tert-OH is 2. The molecule has 1 saturated heterocycles. The Labute approximate surface area is 77.4 Å². The van der Waals surface area contributed by atoms with Gasteiger partial charge in [0.1, 0.15) is 0 Å². The minimum atomic E-state index is -3.51. The van der Waals surface area contributed by atoms with Crippen LogP contribution >= 0.6 is 0 Å². The molecular weight excluding hydrogens is 196 g/mol. The van der Waals surface area contributed by atoms with Crippen LogP contribution < -0.4 is 4.72 Å². The summed E-state index contributed by atoms with van der Waals surface area (Å²) in [6.07, 6.45) is -1.96. The van der Waals surface area contributed by atoms with E-state index in [0.717, 1.165) is 4.31 Å². The van der Waals surface area contributed by atoms with Gasteiger partial charge in [-0.05, 0) is 0 Å². The Hall–Kier alpha value is -0.210. The normalized spacial score (nSPS) is 31.0. The van der Waals surface area contributed by atoms with Crippen LogP contribution in [0.25, 0.3) is 0 Å². The zero-order chi connectivity index (χ0) is 10.1. The highest BCUT2D eigenvalue weighted by molar-refractivity contribution is 7.87. The van der Waals surface area contributed by atoms with E-state index in [0.29, 0.717) is 6.54 Å². The van der Waals surface area contributed by atoms with Gasteiger partial charge in [0, 0.05) is 19.6 Å².